The molecule has 0 aliphatic carbocycles. The third-order valence-corrected chi connectivity index (χ3v) is 2.91. The van der Waals surface area contributed by atoms with Crippen LogP contribution >= 0.6 is 0 Å². The Kier molecular flexibility index (Phi) is 14.2. The molecule has 0 atom stereocenters. The van der Waals surface area contributed by atoms with Crippen LogP contribution in [0.25, 0.3) is 0 Å². The van der Waals surface area contributed by atoms with E-state index in [1.807, 2.05) is 0 Å². The molecule has 4 heteroatoms. The van der Waals surface area contributed by atoms with Crippen LogP contribution in [0.1, 0.15) is 33.1 Å². The van der Waals surface area contributed by atoms with Crippen LogP contribution in [0.2, 0.25) is 6.04 Å². The highest BCUT2D eigenvalue weighted by atomic mass is 28.2. The molecule has 0 aliphatic rings. The Balaban J connectivity index is 2.81. The molecule has 0 N–H and O–H groups in total. The molecule has 90 valence electrons. The van der Waals surface area contributed by atoms with E-state index in [1.165, 1.54) is 18.9 Å². The van der Waals surface area contributed by atoms with E-state index in [0.29, 0.717) is 36.2 Å². The van der Waals surface area contributed by atoms with Crippen LogP contribution in [0.3, 0.4) is 0 Å². The Morgan fingerprint density at radius 1 is 0.800 bits per heavy atom. The third kappa shape index (κ3) is 14.1. The molecular weight excluding hydrogens is 208 g/mol. The van der Waals surface area contributed by atoms with Crippen molar-refractivity contribution in [2.45, 2.75) is 39.2 Å². The minimum atomic E-state index is 0.633. The minimum absolute atomic E-state index is 0.633. The zero-order valence-corrected chi connectivity index (χ0v) is 11.1. The molecule has 0 aromatic carbocycles. The predicted octanol–water partition coefficient (Wildman–Crippen LogP) is 2.28. The summed E-state index contributed by atoms with van der Waals surface area (Å²) in [5.74, 6) is 0. The third-order valence-electron chi connectivity index (χ3n) is 1.80. The molecule has 0 amide bonds. The summed E-state index contributed by atoms with van der Waals surface area (Å²) in [7, 11) is 0.633. The van der Waals surface area contributed by atoms with Crippen molar-refractivity contribution < 1.29 is 13.9 Å². The van der Waals surface area contributed by atoms with Crippen molar-refractivity contribution in [1.29, 1.82) is 0 Å². The minimum Gasteiger partial charge on any atom is -0.415 e. The second-order valence-electron chi connectivity index (χ2n) is 3.32. The SMILES string of the molecule is CCCCOCCOCCO[Si]CCC. The summed E-state index contributed by atoms with van der Waals surface area (Å²) in [6, 6.07) is 1.17. The van der Waals surface area contributed by atoms with Crippen molar-refractivity contribution >= 4 is 9.76 Å². The summed E-state index contributed by atoms with van der Waals surface area (Å²) < 4.78 is 16.1. The van der Waals surface area contributed by atoms with Crippen LogP contribution in [0.5, 0.6) is 0 Å². The van der Waals surface area contributed by atoms with Gasteiger partial charge in [0, 0.05) is 6.61 Å². The topological polar surface area (TPSA) is 27.7 Å². The van der Waals surface area contributed by atoms with Gasteiger partial charge < -0.3 is 13.9 Å². The largest absolute Gasteiger partial charge is 0.415 e. The fourth-order valence-electron chi connectivity index (χ4n) is 0.915. The van der Waals surface area contributed by atoms with E-state index in [9.17, 15) is 0 Å². The van der Waals surface area contributed by atoms with Gasteiger partial charge >= 0.3 is 0 Å². The van der Waals surface area contributed by atoms with Gasteiger partial charge in [-0.15, -0.1) is 0 Å². The number of ether oxygens (including phenoxy) is 2. The maximum atomic E-state index is 5.38. The highest BCUT2D eigenvalue weighted by Crippen LogP contribution is 1.89. The fourth-order valence-corrected chi connectivity index (χ4v) is 1.49. The molecule has 15 heavy (non-hydrogen) atoms. The van der Waals surface area contributed by atoms with Gasteiger partial charge in [0.1, 0.15) is 0 Å². The Labute approximate surface area is 96.4 Å². The monoisotopic (exact) mass is 232 g/mol. The summed E-state index contributed by atoms with van der Waals surface area (Å²) in [6.07, 6.45) is 3.53. The molecule has 2 radical (unpaired) electrons. The van der Waals surface area contributed by atoms with Gasteiger partial charge in [-0.3, -0.25) is 0 Å². The number of hydrogen-bond acceptors (Lipinski definition) is 3. The van der Waals surface area contributed by atoms with Crippen molar-refractivity contribution in [1.82, 2.24) is 0 Å². The van der Waals surface area contributed by atoms with E-state index in [-0.39, 0.29) is 0 Å². The lowest BCUT2D eigenvalue weighted by atomic mass is 10.4. The maximum Gasteiger partial charge on any atom is 0.229 e. The summed E-state index contributed by atoms with van der Waals surface area (Å²) >= 11 is 0. The Bertz CT molecular complexity index is 100. The quantitative estimate of drug-likeness (QED) is 0.382. The Morgan fingerprint density at radius 3 is 2.13 bits per heavy atom. The van der Waals surface area contributed by atoms with E-state index in [0.717, 1.165) is 13.0 Å². The number of unbranched alkanes of at least 4 members (excludes halogenated alkanes) is 1. The molecule has 3 nitrogen and oxygen atoms in total. The van der Waals surface area contributed by atoms with Gasteiger partial charge in [-0.05, 0) is 12.5 Å². The first kappa shape index (κ1) is 15.1. The summed E-state index contributed by atoms with van der Waals surface area (Å²) in [5.41, 5.74) is 0. The summed E-state index contributed by atoms with van der Waals surface area (Å²) in [6.45, 7) is 7.98. The van der Waals surface area contributed by atoms with E-state index in [2.05, 4.69) is 13.8 Å². The van der Waals surface area contributed by atoms with E-state index in [4.69, 9.17) is 13.9 Å². The first-order valence-corrected chi connectivity index (χ1v) is 7.03. The first-order chi connectivity index (χ1) is 7.41. The molecule has 0 unspecified atom stereocenters. The zero-order valence-electron chi connectivity index (χ0n) is 10.1. The van der Waals surface area contributed by atoms with Gasteiger partial charge in [-0.1, -0.05) is 26.7 Å². The van der Waals surface area contributed by atoms with Gasteiger partial charge in [0.2, 0.25) is 9.76 Å². The van der Waals surface area contributed by atoms with E-state index < -0.39 is 0 Å². The van der Waals surface area contributed by atoms with Crippen LogP contribution in [0.4, 0.5) is 0 Å². The van der Waals surface area contributed by atoms with Gasteiger partial charge in [0.15, 0.2) is 0 Å². The molecule has 0 aromatic rings. The molecule has 0 saturated heterocycles. The van der Waals surface area contributed by atoms with Gasteiger partial charge in [-0.2, -0.15) is 0 Å². The second-order valence-corrected chi connectivity index (χ2v) is 4.40. The summed E-state index contributed by atoms with van der Waals surface area (Å²) in [4.78, 5) is 0. The molecule has 0 fully saturated rings. The lowest BCUT2D eigenvalue weighted by molar-refractivity contribution is 0.0359. The van der Waals surface area contributed by atoms with E-state index in [1.54, 1.807) is 0 Å². The molecule has 0 rings (SSSR count). The number of rotatable bonds is 12. The lowest BCUT2D eigenvalue weighted by Crippen LogP contribution is -2.11. The molecule has 0 aromatic heterocycles. The molecule has 0 bridgehead atoms. The number of hydrogen-bond donors (Lipinski definition) is 0. The Morgan fingerprint density at radius 2 is 1.47 bits per heavy atom. The average Bonchev–Trinajstić information content (AvgIpc) is 2.26. The van der Waals surface area contributed by atoms with Gasteiger partial charge in [-0.25, -0.2) is 0 Å². The molecule has 0 heterocycles. The molecular formula is C11H24O3Si. The summed E-state index contributed by atoms with van der Waals surface area (Å²) in [5, 5.41) is 0. The molecule has 0 aliphatic heterocycles. The van der Waals surface area contributed by atoms with Gasteiger partial charge in [0.25, 0.3) is 0 Å². The fraction of sp³-hybridized carbons (Fsp3) is 1.00. The second kappa shape index (κ2) is 14.1. The molecule has 0 saturated carbocycles. The van der Waals surface area contributed by atoms with Crippen molar-refractivity contribution in [3.05, 3.63) is 0 Å². The first-order valence-electron chi connectivity index (χ1n) is 5.92. The van der Waals surface area contributed by atoms with Crippen LogP contribution < -0.4 is 0 Å². The maximum absolute atomic E-state index is 5.38. The van der Waals surface area contributed by atoms with Crippen molar-refractivity contribution in [2.75, 3.05) is 33.0 Å². The van der Waals surface area contributed by atoms with Crippen molar-refractivity contribution in [3.63, 3.8) is 0 Å². The zero-order chi connectivity index (χ0) is 11.2. The lowest BCUT2D eigenvalue weighted by Gasteiger charge is -2.05. The van der Waals surface area contributed by atoms with Gasteiger partial charge in [0.05, 0.1) is 26.4 Å². The highest BCUT2D eigenvalue weighted by Gasteiger charge is 1.92. The smallest absolute Gasteiger partial charge is 0.229 e. The highest BCUT2D eigenvalue weighted by molar-refractivity contribution is 6.26. The predicted molar refractivity (Wildman–Crippen MR) is 63.4 cm³/mol. The van der Waals surface area contributed by atoms with Crippen molar-refractivity contribution in [3.8, 4) is 0 Å². The van der Waals surface area contributed by atoms with Crippen LogP contribution in [-0.4, -0.2) is 42.8 Å². The van der Waals surface area contributed by atoms with Crippen LogP contribution in [0.15, 0.2) is 0 Å². The molecule has 0 spiro atoms. The Hall–Kier alpha value is 0.0969. The van der Waals surface area contributed by atoms with Crippen LogP contribution in [0, 0.1) is 0 Å². The normalized spacial score (nSPS) is 10.8. The van der Waals surface area contributed by atoms with Crippen LogP contribution in [-0.2, 0) is 13.9 Å². The van der Waals surface area contributed by atoms with Crippen molar-refractivity contribution in [2.24, 2.45) is 0 Å². The standard InChI is InChI=1S/C11H24O3Si/c1-3-5-6-12-7-8-13-9-10-14-15-11-4-2/h3-11H2,1-2H3. The average molecular weight is 232 g/mol. The van der Waals surface area contributed by atoms with E-state index >= 15 is 0 Å².